The number of aliphatic hydroxyl groups is 3. The van der Waals surface area contributed by atoms with Gasteiger partial charge >= 0.3 is 0 Å². The van der Waals surface area contributed by atoms with Crippen LogP contribution in [0, 0.1) is 5.92 Å². The number of benzene rings is 1. The Labute approximate surface area is 195 Å². The second-order valence-electron chi connectivity index (χ2n) is 9.19. The highest BCUT2D eigenvalue weighted by atomic mass is 16.7. The SMILES string of the molecule is CC1C(CO)=CC(NCc2ccc(OC3CCCCO3)c(OC3CCCCO3)c2)C(O)[C@H]1O. The highest BCUT2D eigenvalue weighted by Crippen LogP contribution is 2.33. The van der Waals surface area contributed by atoms with Gasteiger partial charge in [0, 0.05) is 25.3 Å². The van der Waals surface area contributed by atoms with Gasteiger partial charge in [0.15, 0.2) is 24.1 Å². The molecule has 0 aromatic heterocycles. The van der Waals surface area contributed by atoms with Gasteiger partial charge in [0.1, 0.15) is 0 Å². The average Bonchev–Trinajstić information content (AvgIpc) is 2.85. The average molecular weight is 464 g/mol. The number of aliphatic hydroxyl groups excluding tert-OH is 3. The summed E-state index contributed by atoms with van der Waals surface area (Å²) in [6.07, 6.45) is 5.27. The Balaban J connectivity index is 1.47. The molecule has 2 saturated heterocycles. The second kappa shape index (κ2) is 11.6. The fraction of sp³-hybridized carbons (Fsp3) is 0.680. The van der Waals surface area contributed by atoms with Gasteiger partial charge in [-0.1, -0.05) is 19.1 Å². The molecule has 1 aliphatic carbocycles. The molecule has 184 valence electrons. The molecular formula is C25H37NO7. The third-order valence-electron chi connectivity index (χ3n) is 6.73. The minimum absolute atomic E-state index is 0.141. The molecule has 3 aliphatic rings. The zero-order valence-electron chi connectivity index (χ0n) is 19.3. The number of hydrogen-bond donors (Lipinski definition) is 4. The van der Waals surface area contributed by atoms with E-state index in [2.05, 4.69) is 5.32 Å². The van der Waals surface area contributed by atoms with Crippen LogP contribution in [0.4, 0.5) is 0 Å². The number of rotatable bonds is 8. The van der Waals surface area contributed by atoms with Crippen molar-refractivity contribution in [3.63, 3.8) is 0 Å². The highest BCUT2D eigenvalue weighted by molar-refractivity contribution is 5.43. The first kappa shape index (κ1) is 24.4. The summed E-state index contributed by atoms with van der Waals surface area (Å²) < 4.78 is 23.8. The molecule has 1 aromatic carbocycles. The first-order valence-corrected chi connectivity index (χ1v) is 12.2. The largest absolute Gasteiger partial charge is 0.461 e. The maximum atomic E-state index is 10.5. The van der Waals surface area contributed by atoms with Crippen molar-refractivity contribution in [1.29, 1.82) is 0 Å². The molecule has 0 spiro atoms. The first-order valence-electron chi connectivity index (χ1n) is 12.2. The van der Waals surface area contributed by atoms with Crippen molar-refractivity contribution in [2.24, 2.45) is 5.92 Å². The molecule has 2 heterocycles. The number of hydrogen-bond acceptors (Lipinski definition) is 8. The molecule has 2 aliphatic heterocycles. The predicted octanol–water partition coefficient (Wildman–Crippen LogP) is 2.25. The van der Waals surface area contributed by atoms with Crippen molar-refractivity contribution >= 4 is 0 Å². The van der Waals surface area contributed by atoms with Crippen LogP contribution in [0.15, 0.2) is 29.8 Å². The Morgan fingerprint density at radius 3 is 2.21 bits per heavy atom. The third-order valence-corrected chi connectivity index (χ3v) is 6.73. The zero-order chi connectivity index (χ0) is 23.2. The lowest BCUT2D eigenvalue weighted by Gasteiger charge is -2.35. The van der Waals surface area contributed by atoms with Crippen molar-refractivity contribution in [3.05, 3.63) is 35.4 Å². The van der Waals surface area contributed by atoms with Crippen LogP contribution in [0.5, 0.6) is 11.5 Å². The maximum Gasteiger partial charge on any atom is 0.200 e. The Hall–Kier alpha value is -1.68. The molecule has 8 nitrogen and oxygen atoms in total. The summed E-state index contributed by atoms with van der Waals surface area (Å²) in [4.78, 5) is 0. The van der Waals surface area contributed by atoms with Gasteiger partial charge < -0.3 is 39.6 Å². The van der Waals surface area contributed by atoms with Crippen molar-refractivity contribution < 1.29 is 34.3 Å². The Morgan fingerprint density at radius 1 is 0.939 bits per heavy atom. The molecule has 4 N–H and O–H groups in total. The fourth-order valence-corrected chi connectivity index (χ4v) is 4.56. The summed E-state index contributed by atoms with van der Waals surface area (Å²) in [5, 5.41) is 33.7. The lowest BCUT2D eigenvalue weighted by atomic mass is 9.82. The van der Waals surface area contributed by atoms with E-state index in [1.807, 2.05) is 24.3 Å². The molecule has 8 heteroatoms. The van der Waals surface area contributed by atoms with E-state index in [4.69, 9.17) is 18.9 Å². The Morgan fingerprint density at radius 2 is 1.61 bits per heavy atom. The van der Waals surface area contributed by atoms with Crippen molar-refractivity contribution in [2.45, 2.75) is 82.8 Å². The van der Waals surface area contributed by atoms with Crippen molar-refractivity contribution in [3.8, 4) is 11.5 Å². The Bertz CT molecular complexity index is 789. The molecule has 0 amide bonds. The van der Waals surface area contributed by atoms with E-state index < -0.39 is 18.2 Å². The van der Waals surface area contributed by atoms with E-state index in [-0.39, 0.29) is 25.1 Å². The first-order chi connectivity index (χ1) is 16.0. The molecule has 6 atom stereocenters. The van der Waals surface area contributed by atoms with E-state index in [0.29, 0.717) is 31.3 Å². The van der Waals surface area contributed by atoms with E-state index in [0.717, 1.165) is 49.7 Å². The van der Waals surface area contributed by atoms with E-state index in [9.17, 15) is 15.3 Å². The summed E-state index contributed by atoms with van der Waals surface area (Å²) >= 11 is 0. The molecule has 2 fully saturated rings. The Kier molecular flexibility index (Phi) is 8.62. The number of nitrogens with one attached hydrogen (secondary N) is 1. The van der Waals surface area contributed by atoms with Crippen molar-refractivity contribution in [2.75, 3.05) is 19.8 Å². The van der Waals surface area contributed by atoms with Crippen LogP contribution < -0.4 is 14.8 Å². The van der Waals surface area contributed by atoms with Gasteiger partial charge in [-0.05, 0) is 49.0 Å². The maximum absolute atomic E-state index is 10.5. The molecule has 0 radical (unpaired) electrons. The van der Waals surface area contributed by atoms with Crippen LogP contribution in [-0.2, 0) is 16.0 Å². The monoisotopic (exact) mass is 463 g/mol. The summed E-state index contributed by atoms with van der Waals surface area (Å²) in [6, 6.07) is 5.30. The molecule has 4 rings (SSSR count). The van der Waals surface area contributed by atoms with E-state index >= 15 is 0 Å². The normalized spacial score (nSPS) is 32.8. The van der Waals surface area contributed by atoms with E-state index in [1.54, 1.807) is 6.92 Å². The molecular weight excluding hydrogens is 426 g/mol. The zero-order valence-corrected chi connectivity index (χ0v) is 19.3. The van der Waals surface area contributed by atoms with Gasteiger partial charge in [0.05, 0.1) is 38.1 Å². The van der Waals surface area contributed by atoms with Crippen LogP contribution in [0.1, 0.15) is 51.0 Å². The smallest absolute Gasteiger partial charge is 0.200 e. The summed E-state index contributed by atoms with van der Waals surface area (Å²) in [5.74, 6) is 0.959. The molecule has 33 heavy (non-hydrogen) atoms. The van der Waals surface area contributed by atoms with Crippen LogP contribution in [0.25, 0.3) is 0 Å². The van der Waals surface area contributed by atoms with Gasteiger partial charge in [0.2, 0.25) is 0 Å². The van der Waals surface area contributed by atoms with Crippen LogP contribution in [-0.4, -0.2) is 66.0 Å². The van der Waals surface area contributed by atoms with Crippen molar-refractivity contribution in [1.82, 2.24) is 5.32 Å². The van der Waals surface area contributed by atoms with Gasteiger partial charge in [-0.15, -0.1) is 0 Å². The van der Waals surface area contributed by atoms with E-state index in [1.165, 1.54) is 0 Å². The van der Waals surface area contributed by atoms with Gasteiger partial charge in [-0.25, -0.2) is 0 Å². The minimum atomic E-state index is -0.951. The van der Waals surface area contributed by atoms with Gasteiger partial charge in [-0.2, -0.15) is 0 Å². The molecule has 1 aromatic rings. The molecule has 0 bridgehead atoms. The molecule has 5 unspecified atom stereocenters. The lowest BCUT2D eigenvalue weighted by Crippen LogP contribution is -2.51. The standard InChI is InChI=1S/C25H37NO7/c1-16-18(15-27)13-19(25(29)24(16)28)26-14-17-8-9-20(32-22-6-2-4-10-30-22)21(12-17)33-23-7-3-5-11-31-23/h8-9,12-13,16,19,22-29H,2-7,10-11,14-15H2,1H3/t16?,19?,22?,23?,24-,25?/m0/s1. The van der Waals surface area contributed by atoms with Gasteiger partial charge in [-0.3, -0.25) is 0 Å². The van der Waals surface area contributed by atoms with Crippen LogP contribution in [0.3, 0.4) is 0 Å². The fourth-order valence-electron chi connectivity index (χ4n) is 4.56. The lowest BCUT2D eigenvalue weighted by molar-refractivity contribution is -0.119. The summed E-state index contributed by atoms with van der Waals surface area (Å²) in [6.45, 7) is 3.50. The highest BCUT2D eigenvalue weighted by Gasteiger charge is 2.35. The van der Waals surface area contributed by atoms with Crippen LogP contribution in [0.2, 0.25) is 0 Å². The summed E-state index contributed by atoms with van der Waals surface area (Å²) in [5.41, 5.74) is 1.66. The summed E-state index contributed by atoms with van der Waals surface area (Å²) in [7, 11) is 0. The topological polar surface area (TPSA) is 110 Å². The quantitative estimate of drug-likeness (QED) is 0.435. The second-order valence-corrected chi connectivity index (χ2v) is 9.19. The minimum Gasteiger partial charge on any atom is -0.461 e. The number of ether oxygens (including phenoxy) is 4. The third kappa shape index (κ3) is 6.26. The van der Waals surface area contributed by atoms with Crippen LogP contribution >= 0.6 is 0 Å². The van der Waals surface area contributed by atoms with Gasteiger partial charge in [0.25, 0.3) is 0 Å². The molecule has 0 saturated carbocycles. The predicted molar refractivity (Wildman–Crippen MR) is 122 cm³/mol.